The highest BCUT2D eigenvalue weighted by molar-refractivity contribution is 5.82. The van der Waals surface area contributed by atoms with Crippen molar-refractivity contribution in [2.75, 3.05) is 5.32 Å². The number of para-hydroxylation sites is 1. The third-order valence-corrected chi connectivity index (χ3v) is 2.80. The largest absolute Gasteiger partial charge is 0.354 e. The van der Waals surface area contributed by atoms with E-state index >= 15 is 0 Å². The van der Waals surface area contributed by atoms with Gasteiger partial charge in [-0.1, -0.05) is 48.8 Å². The second-order valence-corrected chi connectivity index (χ2v) is 3.94. The van der Waals surface area contributed by atoms with Crippen molar-refractivity contribution in [3.05, 3.63) is 71.8 Å². The lowest BCUT2D eigenvalue weighted by molar-refractivity contribution is 1.48. The average molecular weight is 217 g/mol. The van der Waals surface area contributed by atoms with Crippen molar-refractivity contribution in [1.29, 1.82) is 0 Å². The van der Waals surface area contributed by atoms with Gasteiger partial charge in [-0.05, 0) is 18.2 Å². The Bertz CT molecular complexity index is 656. The molecule has 0 bridgehead atoms. The van der Waals surface area contributed by atoms with Gasteiger partial charge in [0, 0.05) is 22.4 Å². The van der Waals surface area contributed by atoms with E-state index in [1.165, 1.54) is 0 Å². The number of nitrogens with one attached hydrogen (secondary N) is 1. The molecule has 1 aliphatic heterocycles. The van der Waals surface area contributed by atoms with E-state index in [9.17, 15) is 0 Å². The van der Waals surface area contributed by atoms with Gasteiger partial charge in [-0.15, -0.1) is 0 Å². The van der Waals surface area contributed by atoms with E-state index in [1.54, 1.807) is 0 Å². The van der Waals surface area contributed by atoms with Crippen LogP contribution < -0.4 is 5.32 Å². The fourth-order valence-electron chi connectivity index (χ4n) is 1.92. The number of fused-ring (bicyclic) bond motifs is 2. The molecule has 0 aliphatic carbocycles. The van der Waals surface area contributed by atoms with Crippen LogP contribution >= 0.6 is 0 Å². The van der Waals surface area contributed by atoms with Gasteiger partial charge in [0.1, 0.15) is 0 Å². The van der Waals surface area contributed by atoms with Crippen molar-refractivity contribution >= 4 is 11.4 Å². The summed E-state index contributed by atoms with van der Waals surface area (Å²) >= 11 is 0. The molecule has 0 spiro atoms. The summed E-state index contributed by atoms with van der Waals surface area (Å²) in [6.07, 6.45) is 0. The molecule has 0 fully saturated rings. The van der Waals surface area contributed by atoms with Crippen LogP contribution in [0, 0.1) is 11.8 Å². The molecule has 1 nitrogen and oxygen atoms in total. The van der Waals surface area contributed by atoms with E-state index in [4.69, 9.17) is 0 Å². The SMILES string of the molecule is C=C1Nc2ccccc2C#Cc2ccccc21. The van der Waals surface area contributed by atoms with E-state index in [-0.39, 0.29) is 0 Å². The zero-order chi connectivity index (χ0) is 11.7. The van der Waals surface area contributed by atoms with Gasteiger partial charge in [-0.3, -0.25) is 0 Å². The van der Waals surface area contributed by atoms with E-state index in [0.29, 0.717) is 0 Å². The highest BCUT2D eigenvalue weighted by Crippen LogP contribution is 2.24. The number of hydrogen-bond donors (Lipinski definition) is 1. The molecular formula is C16H11N. The minimum absolute atomic E-state index is 0.891. The van der Waals surface area contributed by atoms with Crippen molar-refractivity contribution in [2.45, 2.75) is 0 Å². The van der Waals surface area contributed by atoms with Crippen molar-refractivity contribution in [3.8, 4) is 11.8 Å². The average Bonchev–Trinajstić information content (AvgIpc) is 2.36. The third-order valence-electron chi connectivity index (χ3n) is 2.80. The first-order valence-electron chi connectivity index (χ1n) is 5.51. The van der Waals surface area contributed by atoms with Crippen molar-refractivity contribution in [1.82, 2.24) is 0 Å². The van der Waals surface area contributed by atoms with Crippen molar-refractivity contribution in [3.63, 3.8) is 0 Å². The molecule has 1 heteroatoms. The first-order chi connectivity index (χ1) is 8.34. The number of anilines is 1. The van der Waals surface area contributed by atoms with Gasteiger partial charge in [0.15, 0.2) is 0 Å². The van der Waals surface area contributed by atoms with Gasteiger partial charge in [0.25, 0.3) is 0 Å². The van der Waals surface area contributed by atoms with Crippen molar-refractivity contribution < 1.29 is 0 Å². The van der Waals surface area contributed by atoms with E-state index in [1.807, 2.05) is 48.5 Å². The summed E-state index contributed by atoms with van der Waals surface area (Å²) in [5.74, 6) is 6.39. The first kappa shape index (κ1) is 9.74. The van der Waals surface area contributed by atoms with Crippen LogP contribution in [0.25, 0.3) is 5.70 Å². The zero-order valence-electron chi connectivity index (χ0n) is 9.33. The molecule has 1 heterocycles. The molecule has 0 unspecified atom stereocenters. The molecule has 0 saturated heterocycles. The highest BCUT2D eigenvalue weighted by atomic mass is 14.9. The molecule has 2 aromatic rings. The molecule has 1 aliphatic rings. The lowest BCUT2D eigenvalue weighted by atomic mass is 10.0. The standard InChI is InChI=1S/C16H11N/c1-12-15-8-4-2-6-13(15)10-11-14-7-3-5-9-16(14)17-12/h2-9,17H,1H2. The first-order valence-corrected chi connectivity index (χ1v) is 5.51. The Balaban J connectivity index is 2.24. The van der Waals surface area contributed by atoms with Gasteiger partial charge in [0.05, 0.1) is 5.69 Å². The van der Waals surface area contributed by atoms with Crippen LogP contribution in [-0.4, -0.2) is 0 Å². The van der Waals surface area contributed by atoms with Crippen LogP contribution in [0.5, 0.6) is 0 Å². The smallest absolute Gasteiger partial charge is 0.0543 e. The van der Waals surface area contributed by atoms with Crippen LogP contribution in [0.3, 0.4) is 0 Å². The summed E-state index contributed by atoms with van der Waals surface area (Å²) in [4.78, 5) is 0. The van der Waals surface area contributed by atoms with E-state index in [2.05, 4.69) is 23.7 Å². The maximum Gasteiger partial charge on any atom is 0.0543 e. The van der Waals surface area contributed by atoms with E-state index in [0.717, 1.165) is 28.1 Å². The van der Waals surface area contributed by atoms with Crippen LogP contribution in [0.15, 0.2) is 55.1 Å². The lowest BCUT2D eigenvalue weighted by Crippen LogP contribution is -2.03. The predicted octanol–water partition coefficient (Wildman–Crippen LogP) is 3.48. The number of benzene rings is 2. The molecule has 0 atom stereocenters. The fraction of sp³-hybridized carbons (Fsp3) is 0. The van der Waals surface area contributed by atoms with Gasteiger partial charge in [-0.2, -0.15) is 0 Å². The Kier molecular flexibility index (Phi) is 2.20. The van der Waals surface area contributed by atoms with Crippen LogP contribution in [0.1, 0.15) is 16.7 Å². The normalized spacial score (nSPS) is 12.1. The summed E-state index contributed by atoms with van der Waals surface area (Å²) in [5, 5.41) is 3.32. The summed E-state index contributed by atoms with van der Waals surface area (Å²) in [6.45, 7) is 4.08. The minimum Gasteiger partial charge on any atom is -0.354 e. The zero-order valence-corrected chi connectivity index (χ0v) is 9.33. The summed E-state index contributed by atoms with van der Waals surface area (Å²) in [6, 6.07) is 16.1. The Labute approximate surface area is 101 Å². The Morgan fingerprint density at radius 1 is 0.824 bits per heavy atom. The monoisotopic (exact) mass is 217 g/mol. The molecule has 3 rings (SSSR count). The fourth-order valence-corrected chi connectivity index (χ4v) is 1.92. The van der Waals surface area contributed by atoms with Gasteiger partial charge in [-0.25, -0.2) is 0 Å². The Morgan fingerprint density at radius 3 is 2.35 bits per heavy atom. The molecule has 0 aromatic heterocycles. The molecule has 17 heavy (non-hydrogen) atoms. The molecule has 0 saturated carbocycles. The Hall–Kier alpha value is -2.46. The molecule has 1 N–H and O–H groups in total. The van der Waals surface area contributed by atoms with Crippen LogP contribution in [-0.2, 0) is 0 Å². The van der Waals surface area contributed by atoms with Crippen LogP contribution in [0.4, 0.5) is 5.69 Å². The summed E-state index contributed by atoms with van der Waals surface area (Å²) < 4.78 is 0. The lowest BCUT2D eigenvalue weighted by Gasteiger charge is -2.15. The molecular weight excluding hydrogens is 206 g/mol. The van der Waals surface area contributed by atoms with Gasteiger partial charge >= 0.3 is 0 Å². The third kappa shape index (κ3) is 1.70. The minimum atomic E-state index is 0.891. The topological polar surface area (TPSA) is 12.0 Å². The van der Waals surface area contributed by atoms with Gasteiger partial charge in [0.2, 0.25) is 0 Å². The predicted molar refractivity (Wildman–Crippen MR) is 71.5 cm³/mol. The van der Waals surface area contributed by atoms with Crippen molar-refractivity contribution in [2.24, 2.45) is 0 Å². The van der Waals surface area contributed by atoms with Gasteiger partial charge < -0.3 is 5.32 Å². The summed E-state index contributed by atoms with van der Waals surface area (Å²) in [7, 11) is 0. The number of rotatable bonds is 0. The molecule has 0 amide bonds. The highest BCUT2D eigenvalue weighted by Gasteiger charge is 2.08. The second-order valence-electron chi connectivity index (χ2n) is 3.94. The second kappa shape index (κ2) is 3.84. The number of hydrogen-bond acceptors (Lipinski definition) is 1. The van der Waals surface area contributed by atoms with E-state index < -0.39 is 0 Å². The maximum atomic E-state index is 4.08. The summed E-state index contributed by atoms with van der Waals surface area (Å²) in [5.41, 5.74) is 4.98. The maximum absolute atomic E-state index is 4.08. The molecule has 80 valence electrons. The molecule has 0 radical (unpaired) electrons. The Morgan fingerprint density at radius 2 is 1.47 bits per heavy atom. The van der Waals surface area contributed by atoms with Crippen LogP contribution in [0.2, 0.25) is 0 Å². The quantitative estimate of drug-likeness (QED) is 0.666. The molecule has 2 aromatic carbocycles.